The number of nitrogens with two attached hydrogens (primary N) is 1. The second-order valence-electron chi connectivity index (χ2n) is 4.99. The van der Waals surface area contributed by atoms with Crippen LogP contribution in [-0.4, -0.2) is 35.4 Å². The molecule has 0 aliphatic heterocycles. The van der Waals surface area contributed by atoms with Gasteiger partial charge >= 0.3 is 9.53 Å². The van der Waals surface area contributed by atoms with E-state index in [1.165, 1.54) is 0 Å². The summed E-state index contributed by atoms with van der Waals surface area (Å²) in [6, 6.07) is 0.152. The molecule has 19 heavy (non-hydrogen) atoms. The molecule has 0 bridgehead atoms. The van der Waals surface area contributed by atoms with Gasteiger partial charge in [-0.3, -0.25) is 0 Å². The van der Waals surface area contributed by atoms with Crippen LogP contribution in [0.3, 0.4) is 0 Å². The van der Waals surface area contributed by atoms with Crippen LogP contribution in [-0.2, 0) is 13.3 Å². The molecule has 0 rings (SSSR count). The Bertz CT molecular complexity index is 184. The van der Waals surface area contributed by atoms with Gasteiger partial charge in [-0.25, -0.2) is 0 Å². The second kappa shape index (κ2) is 13.1. The van der Waals surface area contributed by atoms with Crippen LogP contribution in [0, 0.1) is 5.92 Å². The maximum Gasteiger partial charge on any atom is 0.577 e. The maximum atomic E-state index is 5.93. The molecule has 0 saturated carbocycles. The normalized spacial score (nSPS) is 14.8. The van der Waals surface area contributed by atoms with Crippen molar-refractivity contribution in [3.8, 4) is 0 Å². The molecule has 0 aromatic heterocycles. The number of hydrogen-bond donors (Lipinski definition) is 1. The summed E-state index contributed by atoms with van der Waals surface area (Å²) in [6.07, 6.45) is 5.39. The van der Waals surface area contributed by atoms with E-state index in [2.05, 4.69) is 20.8 Å². The third-order valence-electron chi connectivity index (χ3n) is 3.12. The first-order valence-electron chi connectivity index (χ1n) is 7.66. The first kappa shape index (κ1) is 19.1. The van der Waals surface area contributed by atoms with Crippen molar-refractivity contribution >= 4 is 9.53 Å². The molecule has 0 spiro atoms. The fraction of sp³-hybridized carbons (Fsp3) is 1.00. The fourth-order valence-electron chi connectivity index (χ4n) is 1.54. The highest BCUT2D eigenvalue weighted by Crippen LogP contribution is 2.09. The van der Waals surface area contributed by atoms with Crippen LogP contribution in [0.25, 0.3) is 0 Å². The number of hydrogen-bond acceptors (Lipinski definition) is 4. The van der Waals surface area contributed by atoms with Crippen LogP contribution in [0.1, 0.15) is 59.8 Å². The third kappa shape index (κ3) is 10.5. The molecule has 0 amide bonds. The van der Waals surface area contributed by atoms with Gasteiger partial charge in [0.2, 0.25) is 0 Å². The molecule has 0 aliphatic carbocycles. The van der Waals surface area contributed by atoms with Gasteiger partial charge in [-0.1, -0.05) is 33.6 Å². The van der Waals surface area contributed by atoms with Crippen LogP contribution in [0.15, 0.2) is 0 Å². The molecule has 0 saturated heterocycles. The molecule has 0 fully saturated rings. The minimum absolute atomic E-state index is 0.152. The van der Waals surface area contributed by atoms with E-state index in [1.807, 2.05) is 6.92 Å². The topological polar surface area (TPSA) is 53.7 Å². The Morgan fingerprint density at radius 1 is 0.947 bits per heavy atom. The van der Waals surface area contributed by atoms with Gasteiger partial charge in [0.1, 0.15) is 0 Å². The lowest BCUT2D eigenvalue weighted by Gasteiger charge is -2.21. The van der Waals surface area contributed by atoms with E-state index in [1.54, 1.807) is 0 Å². The van der Waals surface area contributed by atoms with Gasteiger partial charge in [0.15, 0.2) is 0 Å². The average molecular weight is 290 g/mol. The summed E-state index contributed by atoms with van der Waals surface area (Å²) in [5.74, 6) is 0.379. The van der Waals surface area contributed by atoms with Gasteiger partial charge in [0.25, 0.3) is 0 Å². The maximum absolute atomic E-state index is 5.93. The Balaban J connectivity index is 4.00. The lowest BCUT2D eigenvalue weighted by Crippen LogP contribution is -2.35. The second-order valence-corrected chi connectivity index (χ2v) is 6.36. The highest BCUT2D eigenvalue weighted by molar-refractivity contribution is 6.36. The highest BCUT2D eigenvalue weighted by atomic mass is 28.3. The Morgan fingerprint density at radius 2 is 1.47 bits per heavy atom. The van der Waals surface area contributed by atoms with E-state index < -0.39 is 9.53 Å². The summed E-state index contributed by atoms with van der Waals surface area (Å²) in [5.41, 5.74) is 5.93. The first-order chi connectivity index (χ1) is 9.15. The Kier molecular flexibility index (Phi) is 13.1. The Hall–Kier alpha value is 0.0569. The van der Waals surface area contributed by atoms with Crippen LogP contribution in [0.2, 0.25) is 0 Å². The average Bonchev–Trinajstić information content (AvgIpc) is 2.38. The molecule has 5 heteroatoms. The summed E-state index contributed by atoms with van der Waals surface area (Å²) in [4.78, 5) is 0. The van der Waals surface area contributed by atoms with Crippen LogP contribution in [0.4, 0.5) is 0 Å². The van der Waals surface area contributed by atoms with Gasteiger partial charge in [-0.2, -0.15) is 0 Å². The Labute approximate surface area is 121 Å². The predicted molar refractivity (Wildman–Crippen MR) is 80.9 cm³/mol. The van der Waals surface area contributed by atoms with Gasteiger partial charge in [-0.05, 0) is 32.1 Å². The van der Waals surface area contributed by atoms with E-state index in [-0.39, 0.29) is 6.04 Å². The van der Waals surface area contributed by atoms with E-state index in [0.717, 1.165) is 45.3 Å². The van der Waals surface area contributed by atoms with Crippen molar-refractivity contribution < 1.29 is 13.3 Å². The third-order valence-corrected chi connectivity index (χ3v) is 4.40. The molecule has 2 N–H and O–H groups in total. The Morgan fingerprint density at radius 3 is 1.84 bits per heavy atom. The van der Waals surface area contributed by atoms with Crippen molar-refractivity contribution in [3.63, 3.8) is 0 Å². The molecule has 115 valence electrons. The molecule has 2 unspecified atom stereocenters. The van der Waals surface area contributed by atoms with Crippen LogP contribution >= 0.6 is 0 Å². The van der Waals surface area contributed by atoms with Crippen molar-refractivity contribution in [1.82, 2.24) is 0 Å². The zero-order valence-corrected chi connectivity index (χ0v) is 14.1. The lowest BCUT2D eigenvalue weighted by atomic mass is 10.0. The molecular weight excluding hydrogens is 258 g/mol. The summed E-state index contributed by atoms with van der Waals surface area (Å²) >= 11 is 0. The lowest BCUT2D eigenvalue weighted by molar-refractivity contribution is 0.0743. The molecule has 2 atom stereocenters. The van der Waals surface area contributed by atoms with E-state index >= 15 is 0 Å². The standard InChI is InChI=1S/C14H32NO3Si/c1-5-8-10-16-19(17-11-9-6-2)18-12-14(7-3)13(4)15/h13-14H,5-12,15H2,1-4H3. The summed E-state index contributed by atoms with van der Waals surface area (Å²) in [7, 11) is -1.58. The predicted octanol–water partition coefficient (Wildman–Crippen LogP) is 2.99. The van der Waals surface area contributed by atoms with E-state index in [0.29, 0.717) is 12.5 Å². The molecule has 0 aliphatic rings. The van der Waals surface area contributed by atoms with Crippen molar-refractivity contribution in [2.24, 2.45) is 11.7 Å². The molecule has 0 aromatic carbocycles. The van der Waals surface area contributed by atoms with Gasteiger partial charge in [-0.15, -0.1) is 0 Å². The van der Waals surface area contributed by atoms with E-state index in [9.17, 15) is 0 Å². The molecule has 1 radical (unpaired) electrons. The van der Waals surface area contributed by atoms with Crippen molar-refractivity contribution in [2.75, 3.05) is 19.8 Å². The number of unbranched alkanes of at least 4 members (excludes halogenated alkanes) is 2. The van der Waals surface area contributed by atoms with E-state index in [4.69, 9.17) is 19.0 Å². The molecule has 0 heterocycles. The monoisotopic (exact) mass is 290 g/mol. The van der Waals surface area contributed by atoms with Crippen LogP contribution < -0.4 is 5.73 Å². The minimum atomic E-state index is -1.58. The van der Waals surface area contributed by atoms with Gasteiger partial charge in [0.05, 0.1) is 0 Å². The molecular formula is C14H32NO3Si. The number of rotatable bonds is 13. The first-order valence-corrected chi connectivity index (χ1v) is 8.88. The van der Waals surface area contributed by atoms with Crippen molar-refractivity contribution in [2.45, 2.75) is 65.8 Å². The highest BCUT2D eigenvalue weighted by Gasteiger charge is 2.22. The summed E-state index contributed by atoms with van der Waals surface area (Å²) < 4.78 is 17.3. The summed E-state index contributed by atoms with van der Waals surface area (Å²) in [6.45, 7) is 10.6. The zero-order chi connectivity index (χ0) is 14.5. The minimum Gasteiger partial charge on any atom is -0.371 e. The molecule has 4 nitrogen and oxygen atoms in total. The molecule has 0 aromatic rings. The fourth-order valence-corrected chi connectivity index (χ4v) is 2.76. The largest absolute Gasteiger partial charge is 0.577 e. The smallest absolute Gasteiger partial charge is 0.371 e. The quantitative estimate of drug-likeness (QED) is 0.418. The van der Waals surface area contributed by atoms with Crippen molar-refractivity contribution in [1.29, 1.82) is 0 Å². The summed E-state index contributed by atoms with van der Waals surface area (Å²) in [5, 5.41) is 0. The zero-order valence-electron chi connectivity index (χ0n) is 13.1. The SMILES string of the molecule is CCCCO[Si](OCCCC)OCC(CC)C(C)N. The van der Waals surface area contributed by atoms with Gasteiger partial charge < -0.3 is 19.0 Å². The van der Waals surface area contributed by atoms with Crippen molar-refractivity contribution in [3.05, 3.63) is 0 Å². The van der Waals surface area contributed by atoms with Crippen LogP contribution in [0.5, 0.6) is 0 Å². The van der Waals surface area contributed by atoms with Gasteiger partial charge in [0, 0.05) is 25.9 Å².